The Morgan fingerprint density at radius 1 is 1.13 bits per heavy atom. The smallest absolute Gasteiger partial charge is 0.315 e. The quantitative estimate of drug-likeness (QED) is 0.890. The van der Waals surface area contributed by atoms with Crippen molar-refractivity contribution in [2.45, 2.75) is 32.4 Å². The summed E-state index contributed by atoms with van der Waals surface area (Å²) in [6.07, 6.45) is 7.20. The maximum Gasteiger partial charge on any atom is 0.315 e. The van der Waals surface area contributed by atoms with Crippen molar-refractivity contribution in [1.29, 1.82) is 0 Å². The van der Waals surface area contributed by atoms with E-state index in [9.17, 15) is 4.79 Å². The molecular weight excluding hydrogens is 292 g/mol. The third kappa shape index (κ3) is 4.48. The van der Waals surface area contributed by atoms with Crippen LogP contribution in [0.4, 0.5) is 10.6 Å². The Kier molecular flexibility index (Phi) is 5.13. The Morgan fingerprint density at radius 2 is 1.96 bits per heavy atom. The van der Waals surface area contributed by atoms with Gasteiger partial charge in [0.2, 0.25) is 0 Å². The molecule has 1 aliphatic heterocycles. The van der Waals surface area contributed by atoms with Crippen molar-refractivity contribution in [3.63, 3.8) is 0 Å². The van der Waals surface area contributed by atoms with Gasteiger partial charge in [0, 0.05) is 25.8 Å². The van der Waals surface area contributed by atoms with E-state index in [0.29, 0.717) is 13.1 Å². The Morgan fingerprint density at radius 3 is 2.65 bits per heavy atom. The lowest BCUT2D eigenvalue weighted by Crippen LogP contribution is -2.34. The van der Waals surface area contributed by atoms with Crippen molar-refractivity contribution >= 4 is 11.8 Å². The van der Waals surface area contributed by atoms with Crippen molar-refractivity contribution < 1.29 is 9.21 Å². The number of nitrogens with one attached hydrogen (secondary N) is 2. The molecule has 0 atom stereocenters. The first kappa shape index (κ1) is 15.4. The Bertz CT molecular complexity index is 604. The van der Waals surface area contributed by atoms with Gasteiger partial charge in [-0.1, -0.05) is 6.07 Å². The topological polar surface area (TPSA) is 70.4 Å². The van der Waals surface area contributed by atoms with Gasteiger partial charge in [-0.05, 0) is 43.0 Å². The van der Waals surface area contributed by atoms with Gasteiger partial charge in [-0.25, -0.2) is 9.78 Å². The van der Waals surface area contributed by atoms with E-state index in [2.05, 4.69) is 20.5 Å². The lowest BCUT2D eigenvalue weighted by Gasteiger charge is -2.27. The fourth-order valence-electron chi connectivity index (χ4n) is 2.66. The SMILES string of the molecule is O=C(NCc1ccc(N2CCCCC2)nc1)NCc1ccco1. The fraction of sp³-hybridized carbons (Fsp3) is 0.412. The third-order valence-corrected chi connectivity index (χ3v) is 3.95. The standard InChI is InChI=1S/C17H22N4O2/c22-17(20-13-15-5-4-10-23-15)19-12-14-6-7-16(18-11-14)21-8-2-1-3-9-21/h4-7,10-11H,1-3,8-9,12-13H2,(H2,19,20,22). The number of rotatable bonds is 5. The summed E-state index contributed by atoms with van der Waals surface area (Å²) in [5, 5.41) is 5.56. The van der Waals surface area contributed by atoms with Crippen LogP contribution in [0.5, 0.6) is 0 Å². The molecule has 2 N–H and O–H groups in total. The summed E-state index contributed by atoms with van der Waals surface area (Å²) < 4.78 is 5.16. The highest BCUT2D eigenvalue weighted by atomic mass is 16.3. The average Bonchev–Trinajstić information content (AvgIpc) is 3.13. The number of urea groups is 1. The van der Waals surface area contributed by atoms with E-state index >= 15 is 0 Å². The maximum atomic E-state index is 11.7. The Hall–Kier alpha value is -2.50. The molecule has 0 aromatic carbocycles. The van der Waals surface area contributed by atoms with Gasteiger partial charge in [0.15, 0.2) is 0 Å². The number of piperidine rings is 1. The van der Waals surface area contributed by atoms with Gasteiger partial charge in [-0.15, -0.1) is 0 Å². The molecule has 6 nitrogen and oxygen atoms in total. The van der Waals surface area contributed by atoms with Crippen LogP contribution in [-0.4, -0.2) is 24.1 Å². The molecule has 2 amide bonds. The summed E-state index contributed by atoms with van der Waals surface area (Å²) >= 11 is 0. The number of amides is 2. The van der Waals surface area contributed by atoms with E-state index in [-0.39, 0.29) is 6.03 Å². The summed E-state index contributed by atoms with van der Waals surface area (Å²) in [5.41, 5.74) is 0.985. The zero-order chi connectivity index (χ0) is 15.9. The van der Waals surface area contributed by atoms with Crippen LogP contribution in [0, 0.1) is 0 Å². The second-order valence-corrected chi connectivity index (χ2v) is 5.69. The molecule has 0 radical (unpaired) electrons. The monoisotopic (exact) mass is 314 g/mol. The first-order valence-electron chi connectivity index (χ1n) is 8.05. The first-order valence-corrected chi connectivity index (χ1v) is 8.05. The highest BCUT2D eigenvalue weighted by Crippen LogP contribution is 2.17. The molecule has 6 heteroatoms. The molecule has 0 unspecified atom stereocenters. The van der Waals surface area contributed by atoms with E-state index < -0.39 is 0 Å². The number of anilines is 1. The average molecular weight is 314 g/mol. The molecule has 1 fully saturated rings. The van der Waals surface area contributed by atoms with E-state index in [1.807, 2.05) is 24.4 Å². The van der Waals surface area contributed by atoms with Crippen LogP contribution >= 0.6 is 0 Å². The van der Waals surface area contributed by atoms with Crippen molar-refractivity contribution in [3.8, 4) is 0 Å². The number of hydrogen-bond donors (Lipinski definition) is 2. The van der Waals surface area contributed by atoms with Gasteiger partial charge in [0.05, 0.1) is 12.8 Å². The highest BCUT2D eigenvalue weighted by molar-refractivity contribution is 5.73. The molecule has 0 spiro atoms. The molecule has 122 valence electrons. The summed E-state index contributed by atoms with van der Waals surface area (Å²) in [6.45, 7) is 3.00. The van der Waals surface area contributed by atoms with E-state index in [0.717, 1.165) is 30.2 Å². The van der Waals surface area contributed by atoms with Crippen LogP contribution in [-0.2, 0) is 13.1 Å². The zero-order valence-electron chi connectivity index (χ0n) is 13.1. The van der Waals surface area contributed by atoms with Crippen molar-refractivity contribution in [3.05, 3.63) is 48.0 Å². The summed E-state index contributed by atoms with van der Waals surface area (Å²) in [6, 6.07) is 7.45. The summed E-state index contributed by atoms with van der Waals surface area (Å²) in [7, 11) is 0. The van der Waals surface area contributed by atoms with Crippen molar-refractivity contribution in [1.82, 2.24) is 15.6 Å². The number of hydrogen-bond acceptors (Lipinski definition) is 4. The minimum Gasteiger partial charge on any atom is -0.467 e. The van der Waals surface area contributed by atoms with E-state index in [1.54, 1.807) is 12.3 Å². The number of furan rings is 1. The van der Waals surface area contributed by atoms with Crippen LogP contribution in [0.3, 0.4) is 0 Å². The van der Waals surface area contributed by atoms with Gasteiger partial charge in [0.25, 0.3) is 0 Å². The lowest BCUT2D eigenvalue weighted by atomic mass is 10.1. The lowest BCUT2D eigenvalue weighted by molar-refractivity contribution is 0.239. The molecule has 1 saturated heterocycles. The van der Waals surface area contributed by atoms with E-state index in [4.69, 9.17) is 4.42 Å². The fourth-order valence-corrected chi connectivity index (χ4v) is 2.66. The third-order valence-electron chi connectivity index (χ3n) is 3.95. The number of aromatic nitrogens is 1. The second kappa shape index (κ2) is 7.67. The molecule has 0 bridgehead atoms. The van der Waals surface area contributed by atoms with Gasteiger partial charge >= 0.3 is 6.03 Å². The van der Waals surface area contributed by atoms with Gasteiger partial charge in [0.1, 0.15) is 11.6 Å². The molecule has 23 heavy (non-hydrogen) atoms. The molecule has 0 saturated carbocycles. The van der Waals surface area contributed by atoms with Crippen LogP contribution in [0.2, 0.25) is 0 Å². The molecule has 3 heterocycles. The van der Waals surface area contributed by atoms with Gasteiger partial charge in [-0.3, -0.25) is 0 Å². The zero-order valence-corrected chi connectivity index (χ0v) is 13.1. The maximum absolute atomic E-state index is 11.7. The summed E-state index contributed by atoms with van der Waals surface area (Å²) in [4.78, 5) is 18.6. The molecule has 2 aromatic rings. The van der Waals surface area contributed by atoms with Gasteiger partial charge in [-0.2, -0.15) is 0 Å². The van der Waals surface area contributed by atoms with Crippen molar-refractivity contribution in [2.24, 2.45) is 0 Å². The predicted molar refractivity (Wildman–Crippen MR) is 88.1 cm³/mol. The minimum absolute atomic E-state index is 0.221. The van der Waals surface area contributed by atoms with Crippen LogP contribution in [0.1, 0.15) is 30.6 Å². The van der Waals surface area contributed by atoms with Crippen LogP contribution in [0.15, 0.2) is 41.1 Å². The molecule has 1 aliphatic rings. The second-order valence-electron chi connectivity index (χ2n) is 5.69. The number of pyridine rings is 1. The molecule has 2 aromatic heterocycles. The van der Waals surface area contributed by atoms with Gasteiger partial charge < -0.3 is 20.0 Å². The van der Waals surface area contributed by atoms with Crippen molar-refractivity contribution in [2.75, 3.05) is 18.0 Å². The number of carbonyl (C=O) groups is 1. The predicted octanol–water partition coefficient (Wildman–Crippen LogP) is 2.66. The summed E-state index contributed by atoms with van der Waals surface area (Å²) in [5.74, 6) is 1.75. The highest BCUT2D eigenvalue weighted by Gasteiger charge is 2.11. The largest absolute Gasteiger partial charge is 0.467 e. The Labute approximate surface area is 135 Å². The molecular formula is C17H22N4O2. The normalized spacial score (nSPS) is 14.5. The van der Waals surface area contributed by atoms with Crippen LogP contribution < -0.4 is 15.5 Å². The molecule has 0 aliphatic carbocycles. The number of carbonyl (C=O) groups excluding carboxylic acids is 1. The first-order chi connectivity index (χ1) is 11.3. The van der Waals surface area contributed by atoms with E-state index in [1.165, 1.54) is 19.3 Å². The minimum atomic E-state index is -0.221. The Balaban J connectivity index is 1.43. The molecule has 3 rings (SSSR count). The van der Waals surface area contributed by atoms with Crippen LogP contribution in [0.25, 0.3) is 0 Å². The number of nitrogens with zero attached hydrogens (tertiary/aromatic N) is 2.